The highest BCUT2D eigenvalue weighted by Gasteiger charge is 2.22. The van der Waals surface area contributed by atoms with E-state index >= 15 is 0 Å². The summed E-state index contributed by atoms with van der Waals surface area (Å²) in [6.45, 7) is 4.33. The smallest absolute Gasteiger partial charge is 0.323 e. The van der Waals surface area contributed by atoms with Crippen LogP contribution in [0.2, 0.25) is 0 Å². The van der Waals surface area contributed by atoms with Crippen LogP contribution in [0.4, 0.5) is 0 Å². The molecule has 0 fully saturated rings. The average Bonchev–Trinajstić information content (AvgIpc) is 2.91. The summed E-state index contributed by atoms with van der Waals surface area (Å²) >= 11 is 0. The first kappa shape index (κ1) is 36.6. The predicted molar refractivity (Wildman–Crippen MR) is 155 cm³/mol. The number of esters is 3. The van der Waals surface area contributed by atoms with E-state index in [1.165, 1.54) is 51.4 Å². The molecule has 0 spiro atoms. The molecule has 0 rings (SSSR count). The Morgan fingerprint density at radius 2 is 1.15 bits per heavy atom. The van der Waals surface area contributed by atoms with E-state index in [-0.39, 0.29) is 31.6 Å². The lowest BCUT2D eigenvalue weighted by atomic mass is 10.1. The van der Waals surface area contributed by atoms with E-state index in [4.69, 9.17) is 31.4 Å². The maximum Gasteiger partial charge on any atom is 0.323 e. The van der Waals surface area contributed by atoms with Crippen molar-refractivity contribution in [2.45, 2.75) is 142 Å². The number of hydrogen-bond donors (Lipinski definition) is 3. The van der Waals surface area contributed by atoms with Crippen molar-refractivity contribution in [2.75, 3.05) is 19.8 Å². The van der Waals surface area contributed by atoms with Gasteiger partial charge in [0.25, 0.3) is 0 Å². The lowest BCUT2D eigenvalue weighted by Gasteiger charge is -2.19. The van der Waals surface area contributed by atoms with E-state index in [1.807, 2.05) is 0 Å². The summed E-state index contributed by atoms with van der Waals surface area (Å²) in [6.07, 6.45) is 15.9. The Hall–Kier alpha value is -2.36. The number of hydrogen-bond acceptors (Lipinski definition) is 8. The van der Waals surface area contributed by atoms with E-state index < -0.39 is 24.1 Å². The third kappa shape index (κ3) is 24.4. The molecular formula is C29H56N4O6. The topological polar surface area (TPSA) is 169 Å². The fraction of sp³-hybridized carbons (Fsp3) is 0.862. The zero-order valence-electron chi connectivity index (χ0n) is 24.6. The second-order valence-electron chi connectivity index (χ2n) is 10.2. The summed E-state index contributed by atoms with van der Waals surface area (Å²) in [4.78, 5) is 40.8. The van der Waals surface area contributed by atoms with Crippen molar-refractivity contribution in [1.82, 2.24) is 0 Å². The van der Waals surface area contributed by atoms with Gasteiger partial charge in [0.2, 0.25) is 0 Å². The molecule has 10 nitrogen and oxygen atoms in total. The van der Waals surface area contributed by atoms with Crippen LogP contribution in [0, 0.1) is 0 Å². The number of ether oxygens (including phenoxy) is 3. The first-order valence-electron chi connectivity index (χ1n) is 15.1. The molecule has 0 aromatic heterocycles. The van der Waals surface area contributed by atoms with Crippen LogP contribution >= 0.6 is 0 Å². The van der Waals surface area contributed by atoms with Crippen LogP contribution in [0.15, 0.2) is 4.99 Å². The molecule has 0 aliphatic rings. The van der Waals surface area contributed by atoms with Crippen LogP contribution < -0.4 is 17.2 Å². The lowest BCUT2D eigenvalue weighted by Crippen LogP contribution is -2.36. The highest BCUT2D eigenvalue weighted by molar-refractivity contribution is 5.76. The molecule has 0 aliphatic carbocycles. The third-order valence-corrected chi connectivity index (χ3v) is 6.38. The van der Waals surface area contributed by atoms with Crippen molar-refractivity contribution in [3.05, 3.63) is 0 Å². The Labute approximate surface area is 236 Å². The van der Waals surface area contributed by atoms with Crippen molar-refractivity contribution in [3.63, 3.8) is 0 Å². The first-order valence-corrected chi connectivity index (χ1v) is 15.1. The third-order valence-electron chi connectivity index (χ3n) is 6.38. The van der Waals surface area contributed by atoms with Crippen molar-refractivity contribution in [1.29, 1.82) is 0 Å². The van der Waals surface area contributed by atoms with Crippen LogP contribution in [0.3, 0.4) is 0 Å². The number of guanidine groups is 1. The molecule has 39 heavy (non-hydrogen) atoms. The van der Waals surface area contributed by atoms with Crippen molar-refractivity contribution < 1.29 is 28.6 Å². The Balaban J connectivity index is 4.55. The molecule has 6 N–H and O–H groups in total. The van der Waals surface area contributed by atoms with Crippen LogP contribution in [0.25, 0.3) is 0 Å². The second kappa shape index (κ2) is 25.9. The molecule has 10 heteroatoms. The summed E-state index contributed by atoms with van der Waals surface area (Å²) in [5.74, 6) is -1.38. The molecule has 0 aromatic rings. The van der Waals surface area contributed by atoms with Gasteiger partial charge in [0.05, 0.1) is 0 Å². The van der Waals surface area contributed by atoms with Crippen LogP contribution in [0.1, 0.15) is 129 Å². The normalized spacial score (nSPS) is 12.4. The molecule has 0 aromatic carbocycles. The van der Waals surface area contributed by atoms with Gasteiger partial charge in [0, 0.05) is 19.4 Å². The summed E-state index contributed by atoms with van der Waals surface area (Å²) in [6, 6.07) is -0.858. The molecule has 0 saturated carbocycles. The molecule has 0 amide bonds. The molecule has 0 aliphatic heterocycles. The minimum atomic E-state index is -0.877. The van der Waals surface area contributed by atoms with Gasteiger partial charge in [-0.25, -0.2) is 0 Å². The Morgan fingerprint density at radius 3 is 1.69 bits per heavy atom. The molecular weight excluding hydrogens is 500 g/mol. The molecule has 0 radical (unpaired) electrons. The number of carbonyl (C=O) groups is 3. The molecule has 228 valence electrons. The van der Waals surface area contributed by atoms with E-state index in [9.17, 15) is 14.4 Å². The second-order valence-corrected chi connectivity index (χ2v) is 10.2. The summed E-state index contributed by atoms with van der Waals surface area (Å²) in [5, 5.41) is 0. The molecule has 0 bridgehead atoms. The predicted octanol–water partition coefficient (Wildman–Crippen LogP) is 4.65. The van der Waals surface area contributed by atoms with E-state index in [1.54, 1.807) is 0 Å². The quantitative estimate of drug-likeness (QED) is 0.0451. The van der Waals surface area contributed by atoms with Gasteiger partial charge in [-0.2, -0.15) is 0 Å². The van der Waals surface area contributed by atoms with E-state index in [0.29, 0.717) is 25.8 Å². The largest absolute Gasteiger partial charge is 0.462 e. The van der Waals surface area contributed by atoms with Gasteiger partial charge < -0.3 is 31.4 Å². The number of rotatable bonds is 26. The number of nitrogens with zero attached hydrogens (tertiary/aromatic N) is 1. The minimum Gasteiger partial charge on any atom is -0.462 e. The monoisotopic (exact) mass is 556 g/mol. The zero-order valence-corrected chi connectivity index (χ0v) is 24.6. The Kier molecular flexibility index (Phi) is 24.3. The maximum absolute atomic E-state index is 12.4. The SMILES string of the molecule is CCCCCCCCCC(=O)OC[C@H](COC(=O)[C@@H](N)CCCN=C(N)N)OC(=O)CCCCCCCCC. The van der Waals surface area contributed by atoms with Gasteiger partial charge >= 0.3 is 17.9 Å². The summed E-state index contributed by atoms with van der Waals surface area (Å²) in [5.41, 5.74) is 16.5. The zero-order chi connectivity index (χ0) is 29.1. The van der Waals surface area contributed by atoms with Gasteiger partial charge in [0.15, 0.2) is 12.1 Å². The highest BCUT2D eigenvalue weighted by atomic mass is 16.6. The molecule has 0 saturated heterocycles. The van der Waals surface area contributed by atoms with Gasteiger partial charge in [-0.05, 0) is 25.7 Å². The van der Waals surface area contributed by atoms with E-state index in [2.05, 4.69) is 18.8 Å². The lowest BCUT2D eigenvalue weighted by molar-refractivity contribution is -0.167. The highest BCUT2D eigenvalue weighted by Crippen LogP contribution is 2.11. The summed E-state index contributed by atoms with van der Waals surface area (Å²) in [7, 11) is 0. The van der Waals surface area contributed by atoms with E-state index in [0.717, 1.165) is 38.5 Å². The average molecular weight is 557 g/mol. The van der Waals surface area contributed by atoms with Gasteiger partial charge in [0.1, 0.15) is 19.3 Å². The fourth-order valence-corrected chi connectivity index (χ4v) is 3.99. The molecule has 0 unspecified atom stereocenters. The van der Waals surface area contributed by atoms with Gasteiger partial charge in [-0.3, -0.25) is 19.4 Å². The Morgan fingerprint density at radius 1 is 0.667 bits per heavy atom. The standard InChI is InChI=1S/C29H56N4O6/c1-3-5-7-9-11-13-15-19-26(34)37-22-24(39-27(35)20-16-14-12-10-8-6-4-2)23-38-28(36)25(30)18-17-21-33-29(31)32/h24-25H,3-23,30H2,1-2H3,(H4,31,32,33)/t24-,25+/m1/s1. The van der Waals surface area contributed by atoms with Crippen LogP contribution in [-0.2, 0) is 28.6 Å². The van der Waals surface area contributed by atoms with Crippen molar-refractivity contribution in [2.24, 2.45) is 22.2 Å². The number of aliphatic imine (C=N–C) groups is 1. The van der Waals surface area contributed by atoms with Gasteiger partial charge in [-0.1, -0.05) is 90.9 Å². The molecule has 2 atom stereocenters. The van der Waals surface area contributed by atoms with Crippen LogP contribution in [0.5, 0.6) is 0 Å². The maximum atomic E-state index is 12.4. The fourth-order valence-electron chi connectivity index (χ4n) is 3.99. The van der Waals surface area contributed by atoms with Gasteiger partial charge in [-0.15, -0.1) is 0 Å². The molecule has 0 heterocycles. The van der Waals surface area contributed by atoms with Crippen molar-refractivity contribution >= 4 is 23.9 Å². The van der Waals surface area contributed by atoms with Crippen molar-refractivity contribution in [3.8, 4) is 0 Å². The first-order chi connectivity index (χ1) is 18.8. The minimum absolute atomic E-state index is 0.0196. The Bertz CT molecular complexity index is 670. The van der Waals surface area contributed by atoms with Crippen LogP contribution in [-0.4, -0.2) is 55.8 Å². The number of unbranched alkanes of at least 4 members (excludes halogenated alkanes) is 12. The number of carbonyl (C=O) groups excluding carboxylic acids is 3. The summed E-state index contributed by atoms with van der Waals surface area (Å²) < 4.78 is 16.1. The number of nitrogens with two attached hydrogens (primary N) is 3.